The average Bonchev–Trinajstić information content (AvgIpc) is 2.36. The number of hydrogen-bond acceptors (Lipinski definition) is 5. The number of carboxylic acids is 1. The van der Waals surface area contributed by atoms with Gasteiger partial charge in [-0.25, -0.2) is 9.79 Å². The molecule has 0 fully saturated rings. The van der Waals surface area contributed by atoms with Crippen LogP contribution in [0.1, 0.15) is 6.92 Å². The van der Waals surface area contributed by atoms with Crippen molar-refractivity contribution in [1.82, 2.24) is 0 Å². The molecule has 0 aliphatic rings. The molecule has 0 aliphatic carbocycles. The first kappa shape index (κ1) is 13.9. The van der Waals surface area contributed by atoms with Crippen molar-refractivity contribution in [2.24, 2.45) is 10.7 Å². The van der Waals surface area contributed by atoms with Crippen LogP contribution >= 0.6 is 0 Å². The third-order valence-corrected chi connectivity index (χ3v) is 2.05. The van der Waals surface area contributed by atoms with Gasteiger partial charge in [-0.3, -0.25) is 4.79 Å². The van der Waals surface area contributed by atoms with Crippen molar-refractivity contribution in [3.05, 3.63) is 30.3 Å². The standard InChI is InChI=1S/C12H14N2O4/c1-2-18-12(17)10(9(13)11(15)16)14-8-6-4-3-5-7-8/h3-7,9H,2,13H2,1H3,(H,15,16). The maximum Gasteiger partial charge on any atom is 0.354 e. The molecule has 0 heterocycles. The number of carboxylic acid groups (broad SMARTS) is 1. The Morgan fingerprint density at radius 2 is 2.00 bits per heavy atom. The van der Waals surface area contributed by atoms with Gasteiger partial charge in [-0.15, -0.1) is 0 Å². The normalized spacial score (nSPS) is 12.9. The predicted octanol–water partition coefficient (Wildman–Crippen LogP) is 0.734. The van der Waals surface area contributed by atoms with Crippen LogP contribution in [-0.2, 0) is 14.3 Å². The summed E-state index contributed by atoms with van der Waals surface area (Å²) in [5, 5.41) is 8.83. The third-order valence-electron chi connectivity index (χ3n) is 2.05. The van der Waals surface area contributed by atoms with E-state index in [9.17, 15) is 9.59 Å². The van der Waals surface area contributed by atoms with E-state index in [1.807, 2.05) is 0 Å². The van der Waals surface area contributed by atoms with Gasteiger partial charge in [0.25, 0.3) is 0 Å². The van der Waals surface area contributed by atoms with Crippen molar-refractivity contribution in [1.29, 1.82) is 0 Å². The number of esters is 1. The Morgan fingerprint density at radius 1 is 1.39 bits per heavy atom. The molecule has 18 heavy (non-hydrogen) atoms. The number of aliphatic imine (C=N–C) groups is 1. The van der Waals surface area contributed by atoms with Gasteiger partial charge in [-0.05, 0) is 19.1 Å². The van der Waals surface area contributed by atoms with E-state index in [1.54, 1.807) is 37.3 Å². The van der Waals surface area contributed by atoms with Crippen molar-refractivity contribution >= 4 is 23.3 Å². The van der Waals surface area contributed by atoms with Gasteiger partial charge in [0.15, 0.2) is 11.8 Å². The molecule has 1 atom stereocenters. The predicted molar refractivity (Wildman–Crippen MR) is 65.8 cm³/mol. The number of carbonyl (C=O) groups is 2. The van der Waals surface area contributed by atoms with Crippen LogP contribution in [0.3, 0.4) is 0 Å². The van der Waals surface area contributed by atoms with Gasteiger partial charge in [0.05, 0.1) is 12.3 Å². The molecular formula is C12H14N2O4. The summed E-state index contributed by atoms with van der Waals surface area (Å²) in [6, 6.07) is 6.97. The fourth-order valence-corrected chi connectivity index (χ4v) is 1.21. The van der Waals surface area contributed by atoms with Crippen LogP contribution < -0.4 is 5.73 Å². The van der Waals surface area contributed by atoms with Gasteiger partial charge in [-0.2, -0.15) is 0 Å². The van der Waals surface area contributed by atoms with Crippen LogP contribution in [0.5, 0.6) is 0 Å². The first-order valence-electron chi connectivity index (χ1n) is 5.35. The molecule has 0 saturated carbocycles. The molecule has 0 amide bonds. The van der Waals surface area contributed by atoms with E-state index in [2.05, 4.69) is 4.99 Å². The van der Waals surface area contributed by atoms with Crippen LogP contribution in [-0.4, -0.2) is 35.4 Å². The SMILES string of the molecule is CCOC(=O)C(=Nc1ccccc1)C(N)C(=O)O. The fourth-order valence-electron chi connectivity index (χ4n) is 1.21. The highest BCUT2D eigenvalue weighted by Crippen LogP contribution is 2.11. The number of carbonyl (C=O) groups excluding carboxylic acids is 1. The van der Waals surface area contributed by atoms with Gasteiger partial charge < -0.3 is 15.6 Å². The molecule has 0 aliphatic heterocycles. The second kappa shape index (κ2) is 6.51. The lowest BCUT2D eigenvalue weighted by molar-refractivity contribution is -0.140. The molecule has 0 spiro atoms. The smallest absolute Gasteiger partial charge is 0.354 e. The molecule has 1 unspecified atom stereocenters. The first-order chi connectivity index (χ1) is 8.56. The van der Waals surface area contributed by atoms with E-state index in [0.717, 1.165) is 0 Å². The molecule has 0 aromatic heterocycles. The third kappa shape index (κ3) is 3.67. The highest BCUT2D eigenvalue weighted by atomic mass is 16.5. The molecule has 6 nitrogen and oxygen atoms in total. The Bertz CT molecular complexity index is 456. The monoisotopic (exact) mass is 250 g/mol. The van der Waals surface area contributed by atoms with Crippen molar-refractivity contribution in [2.75, 3.05) is 6.61 Å². The zero-order valence-electron chi connectivity index (χ0n) is 9.87. The lowest BCUT2D eigenvalue weighted by atomic mass is 10.2. The van der Waals surface area contributed by atoms with E-state index < -0.39 is 18.0 Å². The van der Waals surface area contributed by atoms with Crippen LogP contribution in [0.25, 0.3) is 0 Å². The number of benzene rings is 1. The van der Waals surface area contributed by atoms with Crippen molar-refractivity contribution in [3.8, 4) is 0 Å². The summed E-state index contributed by atoms with van der Waals surface area (Å²) in [6.07, 6.45) is 0. The number of ether oxygens (including phenoxy) is 1. The second-order valence-corrected chi connectivity index (χ2v) is 3.37. The summed E-state index contributed by atoms with van der Waals surface area (Å²) in [6.45, 7) is 1.74. The number of nitrogens with zero attached hydrogens (tertiary/aromatic N) is 1. The fraction of sp³-hybridized carbons (Fsp3) is 0.250. The quantitative estimate of drug-likeness (QED) is 0.592. The molecular weight excluding hydrogens is 236 g/mol. The number of nitrogens with two attached hydrogens (primary N) is 1. The minimum Gasteiger partial charge on any atom is -0.480 e. The Balaban J connectivity index is 3.08. The highest BCUT2D eigenvalue weighted by molar-refractivity contribution is 6.42. The summed E-state index contributed by atoms with van der Waals surface area (Å²) in [5.74, 6) is -2.16. The van der Waals surface area contributed by atoms with Crippen LogP contribution in [0, 0.1) is 0 Å². The Labute approximate surface area is 104 Å². The summed E-state index contributed by atoms with van der Waals surface area (Å²) in [7, 11) is 0. The molecule has 96 valence electrons. The zero-order chi connectivity index (χ0) is 13.5. The molecule has 0 saturated heterocycles. The minimum atomic E-state index is -1.51. The summed E-state index contributed by atoms with van der Waals surface area (Å²) in [5.41, 5.74) is 5.53. The first-order valence-corrected chi connectivity index (χ1v) is 5.35. The van der Waals surface area contributed by atoms with E-state index >= 15 is 0 Å². The van der Waals surface area contributed by atoms with E-state index in [1.165, 1.54) is 0 Å². The molecule has 0 bridgehead atoms. The molecule has 1 aromatic carbocycles. The van der Waals surface area contributed by atoms with Crippen LogP contribution in [0.4, 0.5) is 5.69 Å². The van der Waals surface area contributed by atoms with E-state index in [4.69, 9.17) is 15.6 Å². The second-order valence-electron chi connectivity index (χ2n) is 3.37. The van der Waals surface area contributed by atoms with Crippen molar-refractivity contribution < 1.29 is 19.4 Å². The van der Waals surface area contributed by atoms with Gasteiger partial charge in [-0.1, -0.05) is 18.2 Å². The van der Waals surface area contributed by atoms with E-state index in [0.29, 0.717) is 5.69 Å². The number of para-hydroxylation sites is 1. The van der Waals surface area contributed by atoms with Gasteiger partial charge in [0.1, 0.15) is 0 Å². The number of hydrogen-bond donors (Lipinski definition) is 2. The Kier molecular flexibility index (Phi) is 5.01. The van der Waals surface area contributed by atoms with Crippen LogP contribution in [0.15, 0.2) is 35.3 Å². The largest absolute Gasteiger partial charge is 0.480 e. The minimum absolute atomic E-state index is 0.124. The summed E-state index contributed by atoms with van der Waals surface area (Å²) < 4.78 is 4.73. The maximum atomic E-state index is 11.6. The molecule has 1 aromatic rings. The molecule has 1 rings (SSSR count). The zero-order valence-corrected chi connectivity index (χ0v) is 9.87. The lowest BCUT2D eigenvalue weighted by Crippen LogP contribution is -2.43. The lowest BCUT2D eigenvalue weighted by Gasteiger charge is -2.09. The van der Waals surface area contributed by atoms with Crippen molar-refractivity contribution in [3.63, 3.8) is 0 Å². The maximum absolute atomic E-state index is 11.6. The number of aliphatic carboxylic acids is 1. The molecule has 3 N–H and O–H groups in total. The highest BCUT2D eigenvalue weighted by Gasteiger charge is 2.26. The molecule has 0 radical (unpaired) electrons. The molecule has 6 heteroatoms. The van der Waals surface area contributed by atoms with Gasteiger partial charge in [0.2, 0.25) is 0 Å². The Morgan fingerprint density at radius 3 is 2.50 bits per heavy atom. The summed E-state index contributed by atoms with van der Waals surface area (Å²) >= 11 is 0. The average molecular weight is 250 g/mol. The van der Waals surface area contributed by atoms with Crippen LogP contribution in [0.2, 0.25) is 0 Å². The summed E-state index contributed by atoms with van der Waals surface area (Å²) in [4.78, 5) is 26.4. The van der Waals surface area contributed by atoms with Gasteiger partial charge >= 0.3 is 11.9 Å². The Hall–Kier alpha value is -2.21. The topological polar surface area (TPSA) is 102 Å². The van der Waals surface area contributed by atoms with Crippen molar-refractivity contribution in [2.45, 2.75) is 13.0 Å². The number of rotatable bonds is 5. The van der Waals surface area contributed by atoms with E-state index in [-0.39, 0.29) is 12.3 Å². The van der Waals surface area contributed by atoms with Gasteiger partial charge in [0, 0.05) is 0 Å².